The normalized spacial score (nSPS) is 16.9. The first-order chi connectivity index (χ1) is 17.7. The molecule has 0 unspecified atom stereocenters. The van der Waals surface area contributed by atoms with Gasteiger partial charge in [-0.2, -0.15) is 0 Å². The third kappa shape index (κ3) is 5.48. The number of aliphatic hydroxyl groups is 1. The highest BCUT2D eigenvalue weighted by Gasteiger charge is 2.35. The third-order valence-electron chi connectivity index (χ3n) is 7.54. The number of ether oxygens (including phenoxy) is 3. The molecule has 0 saturated carbocycles. The number of cyclic esters (lactones) is 1. The zero-order valence-corrected chi connectivity index (χ0v) is 22.6. The number of fused-ring (bicyclic) bond motifs is 1. The third-order valence-corrected chi connectivity index (χ3v) is 7.79. The van der Waals surface area contributed by atoms with E-state index in [0.29, 0.717) is 67.3 Å². The van der Waals surface area contributed by atoms with Gasteiger partial charge in [-0.1, -0.05) is 35.4 Å². The van der Waals surface area contributed by atoms with Gasteiger partial charge < -0.3 is 24.2 Å². The van der Waals surface area contributed by atoms with E-state index in [1.807, 2.05) is 30.9 Å². The van der Waals surface area contributed by atoms with Gasteiger partial charge in [-0.05, 0) is 62.8 Å². The maximum absolute atomic E-state index is 12.9. The quantitative estimate of drug-likeness (QED) is 0.379. The number of hydrogen-bond donors (Lipinski definition) is 1. The predicted molar refractivity (Wildman–Crippen MR) is 141 cm³/mol. The molecule has 1 N–H and O–H groups in total. The molecule has 0 atom stereocenters. The van der Waals surface area contributed by atoms with E-state index in [9.17, 15) is 14.7 Å². The molecule has 1 amide bonds. The maximum Gasteiger partial charge on any atom is 0.342 e. The molecule has 2 aromatic rings. The van der Waals surface area contributed by atoms with Crippen LogP contribution < -0.4 is 9.47 Å². The Labute approximate surface area is 223 Å². The van der Waals surface area contributed by atoms with Crippen LogP contribution in [0.15, 0.2) is 35.9 Å². The molecular weight excluding hydrogens is 494 g/mol. The smallest absolute Gasteiger partial charge is 0.342 e. The first kappa shape index (κ1) is 27.0. The molecule has 0 aromatic heterocycles. The van der Waals surface area contributed by atoms with Crippen molar-refractivity contribution in [1.82, 2.24) is 4.90 Å². The van der Waals surface area contributed by atoms with E-state index < -0.39 is 5.60 Å². The lowest BCUT2D eigenvalue weighted by molar-refractivity contribution is -0.135. The van der Waals surface area contributed by atoms with Gasteiger partial charge in [-0.25, -0.2) is 4.79 Å². The maximum atomic E-state index is 12.9. The van der Waals surface area contributed by atoms with Crippen molar-refractivity contribution in [2.45, 2.75) is 58.2 Å². The van der Waals surface area contributed by atoms with Crippen LogP contribution in [0.3, 0.4) is 0 Å². The van der Waals surface area contributed by atoms with E-state index in [-0.39, 0.29) is 18.5 Å². The Kier molecular flexibility index (Phi) is 8.14. The number of benzene rings is 2. The highest BCUT2D eigenvalue weighted by molar-refractivity contribution is 6.30. The minimum Gasteiger partial charge on any atom is -0.496 e. The molecule has 2 heterocycles. The molecule has 4 rings (SSSR count). The van der Waals surface area contributed by atoms with Crippen LogP contribution in [0.5, 0.6) is 11.5 Å². The monoisotopic (exact) mass is 527 g/mol. The number of amides is 1. The molecule has 8 heteroatoms. The van der Waals surface area contributed by atoms with Gasteiger partial charge in [0.05, 0.1) is 19.8 Å². The molecule has 2 aliphatic rings. The summed E-state index contributed by atoms with van der Waals surface area (Å²) in [5.74, 6) is 0.879. The standard InChI is InChI=1S/C29H34ClNO6/c1-18(5-11-22-26(35-3)19(2)23-17-37-28(33)25(23)27(22)36-4)6-12-24(32)31-15-13-29(34,14-16-31)20-7-9-21(30)10-8-20/h5,7-10,34H,6,11-17H2,1-4H3/b18-5+. The second-order valence-corrected chi connectivity index (χ2v) is 10.2. The van der Waals surface area contributed by atoms with Gasteiger partial charge in [0.15, 0.2) is 0 Å². The van der Waals surface area contributed by atoms with E-state index in [2.05, 4.69) is 6.08 Å². The Hall–Kier alpha value is -3.03. The topological polar surface area (TPSA) is 85.3 Å². The van der Waals surface area contributed by atoms with Gasteiger partial charge in [0.25, 0.3) is 0 Å². The minimum absolute atomic E-state index is 0.0807. The number of piperidine rings is 1. The summed E-state index contributed by atoms with van der Waals surface area (Å²) in [5, 5.41) is 11.7. The number of nitrogens with zero attached hydrogens (tertiary/aromatic N) is 1. The summed E-state index contributed by atoms with van der Waals surface area (Å²) < 4.78 is 16.5. The van der Waals surface area contributed by atoms with Gasteiger partial charge in [-0.3, -0.25) is 4.79 Å². The Balaban J connectivity index is 1.37. The Morgan fingerprint density at radius 2 is 1.78 bits per heavy atom. The molecule has 7 nitrogen and oxygen atoms in total. The van der Waals surface area contributed by atoms with Crippen LogP contribution in [0.2, 0.25) is 5.02 Å². The fourth-order valence-corrected chi connectivity index (χ4v) is 5.38. The Morgan fingerprint density at radius 3 is 2.41 bits per heavy atom. The fourth-order valence-electron chi connectivity index (χ4n) is 5.25. The molecule has 1 fully saturated rings. The van der Waals surface area contributed by atoms with Crippen LogP contribution in [0.25, 0.3) is 0 Å². The van der Waals surface area contributed by atoms with Crippen LogP contribution in [-0.2, 0) is 28.2 Å². The molecule has 0 aliphatic carbocycles. The predicted octanol–water partition coefficient (Wildman–Crippen LogP) is 5.12. The summed E-state index contributed by atoms with van der Waals surface area (Å²) in [7, 11) is 3.15. The largest absolute Gasteiger partial charge is 0.496 e. The highest BCUT2D eigenvalue weighted by Crippen LogP contribution is 2.42. The SMILES string of the molecule is COc1c(C)c2c(c(OC)c1C/C=C(\C)CCC(=O)N1CCC(O)(c3ccc(Cl)cc3)CC1)C(=O)OC2. The molecule has 1 saturated heterocycles. The highest BCUT2D eigenvalue weighted by atomic mass is 35.5. The number of allylic oxidation sites excluding steroid dienone is 2. The van der Waals surface area contributed by atoms with Crippen molar-refractivity contribution in [3.63, 3.8) is 0 Å². The number of hydrogen-bond acceptors (Lipinski definition) is 6. The van der Waals surface area contributed by atoms with Crippen LogP contribution in [0.1, 0.15) is 65.2 Å². The summed E-state index contributed by atoms with van der Waals surface area (Å²) in [6, 6.07) is 7.26. The van der Waals surface area contributed by atoms with Crippen LogP contribution in [0, 0.1) is 6.92 Å². The second kappa shape index (κ2) is 11.2. The lowest BCUT2D eigenvalue weighted by Crippen LogP contribution is -2.45. The molecule has 0 radical (unpaired) electrons. The molecule has 2 aromatic carbocycles. The van der Waals surface area contributed by atoms with Crippen molar-refractivity contribution in [2.75, 3.05) is 27.3 Å². The Morgan fingerprint density at radius 1 is 1.14 bits per heavy atom. The number of likely N-dealkylation sites (tertiary alicyclic amines) is 1. The van der Waals surface area contributed by atoms with Crippen molar-refractivity contribution in [2.24, 2.45) is 0 Å². The summed E-state index contributed by atoms with van der Waals surface area (Å²) in [6.45, 7) is 5.16. The molecule has 2 aliphatic heterocycles. The molecule has 0 bridgehead atoms. The molecule has 37 heavy (non-hydrogen) atoms. The number of methoxy groups -OCH3 is 2. The Bertz CT molecular complexity index is 1210. The van der Waals surface area contributed by atoms with Gasteiger partial charge >= 0.3 is 5.97 Å². The van der Waals surface area contributed by atoms with Gasteiger partial charge in [0, 0.05) is 35.7 Å². The first-order valence-electron chi connectivity index (χ1n) is 12.5. The van der Waals surface area contributed by atoms with E-state index in [4.69, 9.17) is 25.8 Å². The number of carbonyl (C=O) groups is 2. The van der Waals surface area contributed by atoms with Crippen molar-refractivity contribution in [1.29, 1.82) is 0 Å². The lowest BCUT2D eigenvalue weighted by atomic mass is 9.84. The lowest BCUT2D eigenvalue weighted by Gasteiger charge is -2.38. The zero-order valence-electron chi connectivity index (χ0n) is 21.9. The average Bonchev–Trinajstić information content (AvgIpc) is 3.28. The molecule has 198 valence electrons. The summed E-state index contributed by atoms with van der Waals surface area (Å²) in [6.07, 6.45) is 4.56. The van der Waals surface area contributed by atoms with E-state index in [1.54, 1.807) is 26.4 Å². The van der Waals surface area contributed by atoms with E-state index >= 15 is 0 Å². The van der Waals surface area contributed by atoms with Crippen molar-refractivity contribution in [3.8, 4) is 11.5 Å². The van der Waals surface area contributed by atoms with E-state index in [0.717, 1.165) is 27.8 Å². The zero-order chi connectivity index (χ0) is 26.7. The first-order valence-corrected chi connectivity index (χ1v) is 12.9. The van der Waals surface area contributed by atoms with Gasteiger partial charge in [0.1, 0.15) is 23.7 Å². The van der Waals surface area contributed by atoms with Crippen molar-refractivity contribution in [3.05, 3.63) is 68.8 Å². The van der Waals surface area contributed by atoms with Gasteiger partial charge in [-0.15, -0.1) is 0 Å². The number of rotatable bonds is 8. The summed E-state index contributed by atoms with van der Waals surface area (Å²) in [4.78, 5) is 27.0. The van der Waals surface area contributed by atoms with Crippen molar-refractivity contribution < 1.29 is 28.9 Å². The van der Waals surface area contributed by atoms with Gasteiger partial charge in [0.2, 0.25) is 5.91 Å². The number of halogens is 1. The number of carbonyl (C=O) groups excluding carboxylic acids is 2. The van der Waals surface area contributed by atoms with Crippen LogP contribution in [-0.4, -0.2) is 49.2 Å². The minimum atomic E-state index is -0.935. The molecular formula is C29H34ClNO6. The van der Waals surface area contributed by atoms with Crippen molar-refractivity contribution >= 4 is 23.5 Å². The fraction of sp³-hybridized carbons (Fsp3) is 0.448. The van der Waals surface area contributed by atoms with E-state index in [1.165, 1.54) is 0 Å². The summed E-state index contributed by atoms with van der Waals surface area (Å²) >= 11 is 5.97. The van der Waals surface area contributed by atoms with Crippen LogP contribution >= 0.6 is 11.6 Å². The summed E-state index contributed by atoms with van der Waals surface area (Å²) in [5.41, 5.74) is 3.92. The van der Waals surface area contributed by atoms with Crippen LogP contribution in [0.4, 0.5) is 0 Å². The molecule has 0 spiro atoms. The average molecular weight is 528 g/mol. The second-order valence-electron chi connectivity index (χ2n) is 9.77. The number of esters is 1.